The second-order valence-electron chi connectivity index (χ2n) is 2.33. The van der Waals surface area contributed by atoms with Gasteiger partial charge in [-0.3, -0.25) is 0 Å². The van der Waals surface area contributed by atoms with Gasteiger partial charge in [0.2, 0.25) is 0 Å². The van der Waals surface area contributed by atoms with E-state index in [1.165, 1.54) is 5.92 Å². The Morgan fingerprint density at radius 3 is 1.78 bits per heavy atom. The van der Waals surface area contributed by atoms with E-state index in [2.05, 4.69) is 6.42 Å². The van der Waals surface area contributed by atoms with Crippen LogP contribution in [-0.2, 0) is 0 Å². The predicted octanol–water partition coefficient (Wildman–Crippen LogP) is 0.0486. The van der Waals surface area contributed by atoms with Crippen LogP contribution in [0.15, 0.2) is 0 Å². The lowest BCUT2D eigenvalue weighted by atomic mass is 10.0. The fourth-order valence-corrected chi connectivity index (χ4v) is 0.177. The number of halogens is 1. The highest BCUT2D eigenvalue weighted by atomic mass is 19.2. The van der Waals surface area contributed by atoms with Crippen LogP contribution in [0.5, 0.6) is 0 Å². The van der Waals surface area contributed by atoms with Crippen molar-refractivity contribution in [1.82, 2.24) is 0 Å². The molecule has 1 atom stereocenters. The highest BCUT2D eigenvalue weighted by Crippen LogP contribution is 2.21. The molecule has 0 radical (unpaired) electrons. The molecule has 0 saturated carbocycles. The third-order valence-corrected chi connectivity index (χ3v) is 1.00. The molecule has 0 aromatic carbocycles. The molecule has 0 bridgehead atoms. The van der Waals surface area contributed by atoms with Crippen LogP contribution in [-0.4, -0.2) is 21.7 Å². The van der Waals surface area contributed by atoms with Crippen LogP contribution in [0, 0.1) is 12.3 Å². The number of hydrogen-bond acceptors (Lipinski definition) is 2. The zero-order chi connectivity index (χ0) is 7.71. The molecule has 1 unspecified atom stereocenters. The van der Waals surface area contributed by atoms with Crippen LogP contribution in [0.3, 0.4) is 0 Å². The minimum atomic E-state index is -2.94. The summed E-state index contributed by atoms with van der Waals surface area (Å²) >= 11 is 0. The van der Waals surface area contributed by atoms with Crippen molar-refractivity contribution in [3.8, 4) is 12.3 Å². The summed E-state index contributed by atoms with van der Waals surface area (Å²) in [5.41, 5.74) is -1.90. The molecule has 9 heavy (non-hydrogen) atoms. The van der Waals surface area contributed by atoms with E-state index >= 15 is 0 Å². The van der Waals surface area contributed by atoms with Gasteiger partial charge in [-0.15, -0.1) is 6.42 Å². The lowest BCUT2D eigenvalue weighted by molar-refractivity contribution is -0.172. The normalized spacial score (nSPS) is 18.2. The van der Waals surface area contributed by atoms with Gasteiger partial charge >= 0.3 is 0 Å². The quantitative estimate of drug-likeness (QED) is 0.495. The Kier molecular flexibility index (Phi) is 1.85. The molecule has 0 aliphatic carbocycles. The molecule has 0 saturated heterocycles. The average Bonchev–Trinajstić information content (AvgIpc) is 1.64. The monoisotopic (exact) mass is 132 g/mol. The van der Waals surface area contributed by atoms with Crippen LogP contribution in [0.1, 0.15) is 13.8 Å². The molecular weight excluding hydrogens is 123 g/mol. The lowest BCUT2D eigenvalue weighted by Gasteiger charge is -2.25. The van der Waals surface area contributed by atoms with E-state index in [-0.39, 0.29) is 0 Å². The zero-order valence-electron chi connectivity index (χ0n) is 5.35. The van der Waals surface area contributed by atoms with E-state index in [0.717, 1.165) is 13.8 Å². The number of aliphatic hydroxyl groups is 2. The highest BCUT2D eigenvalue weighted by Gasteiger charge is 2.40. The molecule has 0 aromatic rings. The van der Waals surface area contributed by atoms with Gasteiger partial charge in [0, 0.05) is 0 Å². The van der Waals surface area contributed by atoms with Crippen LogP contribution in [0.2, 0.25) is 0 Å². The Hall–Kier alpha value is -0.590. The van der Waals surface area contributed by atoms with E-state index in [1.54, 1.807) is 0 Å². The van der Waals surface area contributed by atoms with Crippen LogP contribution in [0.4, 0.5) is 4.39 Å². The van der Waals surface area contributed by atoms with Crippen LogP contribution in [0.25, 0.3) is 0 Å². The van der Waals surface area contributed by atoms with Gasteiger partial charge < -0.3 is 10.2 Å². The maximum absolute atomic E-state index is 12.4. The molecule has 0 heterocycles. The molecule has 0 aliphatic rings. The molecular formula is C6H9FO2. The maximum Gasteiger partial charge on any atom is 0.297 e. The predicted molar refractivity (Wildman–Crippen MR) is 31.2 cm³/mol. The van der Waals surface area contributed by atoms with E-state index in [9.17, 15) is 4.39 Å². The van der Waals surface area contributed by atoms with Crippen molar-refractivity contribution in [2.75, 3.05) is 0 Å². The lowest BCUT2D eigenvalue weighted by Crippen LogP contribution is -2.44. The van der Waals surface area contributed by atoms with Crippen molar-refractivity contribution in [1.29, 1.82) is 0 Å². The summed E-state index contributed by atoms with van der Waals surface area (Å²) in [5, 5.41) is 17.3. The maximum atomic E-state index is 12.4. The first-order valence-corrected chi connectivity index (χ1v) is 2.42. The first-order chi connectivity index (χ1) is 3.81. The van der Waals surface area contributed by atoms with E-state index in [1.807, 2.05) is 0 Å². The van der Waals surface area contributed by atoms with Gasteiger partial charge in [-0.1, -0.05) is 0 Å². The van der Waals surface area contributed by atoms with Crippen molar-refractivity contribution < 1.29 is 14.6 Å². The number of rotatable bonds is 1. The van der Waals surface area contributed by atoms with Crippen molar-refractivity contribution in [3.63, 3.8) is 0 Å². The van der Waals surface area contributed by atoms with Gasteiger partial charge in [0.05, 0.1) is 0 Å². The Morgan fingerprint density at radius 2 is 1.78 bits per heavy atom. The number of terminal acetylenes is 1. The van der Waals surface area contributed by atoms with E-state index in [4.69, 9.17) is 10.2 Å². The molecule has 0 rings (SSSR count). The summed E-state index contributed by atoms with van der Waals surface area (Å²) in [4.78, 5) is 0. The van der Waals surface area contributed by atoms with Gasteiger partial charge in [-0.25, -0.2) is 0 Å². The van der Waals surface area contributed by atoms with Gasteiger partial charge in [-0.2, -0.15) is 4.39 Å². The summed E-state index contributed by atoms with van der Waals surface area (Å²) < 4.78 is 12.4. The van der Waals surface area contributed by atoms with Gasteiger partial charge in [-0.05, 0) is 19.8 Å². The summed E-state index contributed by atoms with van der Waals surface area (Å²) in [6.07, 6.45) is 4.56. The third kappa shape index (κ3) is 1.67. The smallest absolute Gasteiger partial charge is 0.297 e. The van der Waals surface area contributed by atoms with E-state index < -0.39 is 11.5 Å². The molecule has 3 heteroatoms. The summed E-state index contributed by atoms with van der Waals surface area (Å²) in [7, 11) is 0. The first-order valence-electron chi connectivity index (χ1n) is 2.42. The summed E-state index contributed by atoms with van der Waals surface area (Å²) in [6.45, 7) is 2.18. The Bertz CT molecular complexity index is 138. The molecule has 2 N–H and O–H groups in total. The fourth-order valence-electron chi connectivity index (χ4n) is 0.177. The molecule has 52 valence electrons. The first kappa shape index (κ1) is 8.41. The summed E-state index contributed by atoms with van der Waals surface area (Å²) in [6, 6.07) is 0. The Balaban J connectivity index is 4.39. The Morgan fingerprint density at radius 1 is 1.44 bits per heavy atom. The van der Waals surface area contributed by atoms with E-state index in [0.29, 0.717) is 0 Å². The van der Waals surface area contributed by atoms with Crippen molar-refractivity contribution in [2.45, 2.75) is 25.3 Å². The number of alkyl halides is 1. The zero-order valence-corrected chi connectivity index (χ0v) is 5.35. The van der Waals surface area contributed by atoms with Gasteiger partial charge in [0.1, 0.15) is 5.60 Å². The standard InChI is InChI=1S/C6H9FO2/c1-4-6(7,9)5(2,3)8/h1,8-9H,2-3H3. The molecule has 0 aliphatic heterocycles. The van der Waals surface area contributed by atoms with Crippen LogP contribution < -0.4 is 0 Å². The number of hydrogen-bond donors (Lipinski definition) is 2. The summed E-state index contributed by atoms with van der Waals surface area (Å²) in [5.74, 6) is -1.52. The minimum absolute atomic E-state index is 1.09. The molecule has 0 fully saturated rings. The van der Waals surface area contributed by atoms with Crippen molar-refractivity contribution in [3.05, 3.63) is 0 Å². The largest absolute Gasteiger partial charge is 0.383 e. The van der Waals surface area contributed by atoms with Gasteiger partial charge in [0.25, 0.3) is 5.85 Å². The minimum Gasteiger partial charge on any atom is -0.383 e. The molecule has 0 spiro atoms. The van der Waals surface area contributed by atoms with Gasteiger partial charge in [0.15, 0.2) is 0 Å². The highest BCUT2D eigenvalue weighted by molar-refractivity contribution is 5.08. The topological polar surface area (TPSA) is 40.5 Å². The van der Waals surface area contributed by atoms with Crippen molar-refractivity contribution >= 4 is 0 Å². The van der Waals surface area contributed by atoms with Crippen molar-refractivity contribution in [2.24, 2.45) is 0 Å². The second-order valence-corrected chi connectivity index (χ2v) is 2.33. The van der Waals surface area contributed by atoms with Crippen LogP contribution >= 0.6 is 0 Å². The molecule has 0 aromatic heterocycles. The second kappa shape index (κ2) is 1.98. The SMILES string of the molecule is C#CC(O)(F)C(C)(C)O. The average molecular weight is 132 g/mol. The molecule has 2 nitrogen and oxygen atoms in total. The fraction of sp³-hybridized carbons (Fsp3) is 0.667. The molecule has 0 amide bonds. The Labute approximate surface area is 53.3 Å². The third-order valence-electron chi connectivity index (χ3n) is 1.00.